The Bertz CT molecular complexity index is 1170. The molecule has 0 spiro atoms. The van der Waals surface area contributed by atoms with Crippen LogP contribution in [0.15, 0.2) is 95.6 Å². The number of carbonyl (C=O) groups is 2. The van der Waals surface area contributed by atoms with Crippen molar-refractivity contribution in [2.75, 3.05) is 10.6 Å². The predicted molar refractivity (Wildman–Crippen MR) is 118 cm³/mol. The second kappa shape index (κ2) is 8.49. The van der Waals surface area contributed by atoms with Gasteiger partial charge in [-0.15, -0.1) is 0 Å². The van der Waals surface area contributed by atoms with Crippen molar-refractivity contribution in [1.82, 2.24) is 0 Å². The second-order valence-electron chi connectivity index (χ2n) is 6.86. The molecule has 5 nitrogen and oxygen atoms in total. The van der Waals surface area contributed by atoms with Crippen LogP contribution < -0.4 is 10.6 Å². The summed E-state index contributed by atoms with van der Waals surface area (Å²) in [5.41, 5.74) is 4.78. The maximum Gasteiger partial charge on any atom is 0.291 e. The molecule has 0 saturated heterocycles. The van der Waals surface area contributed by atoms with Gasteiger partial charge in [0.25, 0.3) is 11.8 Å². The quantitative estimate of drug-likeness (QED) is 0.450. The van der Waals surface area contributed by atoms with Crippen LogP contribution in [0.5, 0.6) is 0 Å². The molecule has 4 rings (SSSR count). The number of benzene rings is 3. The fourth-order valence-electron chi connectivity index (χ4n) is 3.07. The van der Waals surface area contributed by atoms with E-state index in [1.807, 2.05) is 55.5 Å². The van der Waals surface area contributed by atoms with Crippen molar-refractivity contribution in [3.05, 3.63) is 108 Å². The van der Waals surface area contributed by atoms with E-state index in [-0.39, 0.29) is 17.6 Å². The molecule has 0 saturated carbocycles. The Hall–Kier alpha value is -4.12. The van der Waals surface area contributed by atoms with Crippen LogP contribution in [0.4, 0.5) is 11.4 Å². The molecule has 0 unspecified atom stereocenters. The summed E-state index contributed by atoms with van der Waals surface area (Å²) < 4.78 is 5.10. The highest BCUT2D eigenvalue weighted by Gasteiger charge is 2.12. The zero-order valence-corrected chi connectivity index (χ0v) is 16.4. The summed E-state index contributed by atoms with van der Waals surface area (Å²) in [6, 6.07) is 26.0. The van der Waals surface area contributed by atoms with E-state index < -0.39 is 0 Å². The van der Waals surface area contributed by atoms with Gasteiger partial charge in [0.15, 0.2) is 5.76 Å². The van der Waals surface area contributed by atoms with Gasteiger partial charge in [0.1, 0.15) is 0 Å². The third-order valence-corrected chi connectivity index (χ3v) is 4.74. The molecule has 0 aliphatic rings. The smallest absolute Gasteiger partial charge is 0.291 e. The molecule has 2 amide bonds. The van der Waals surface area contributed by atoms with E-state index in [0.29, 0.717) is 16.9 Å². The van der Waals surface area contributed by atoms with E-state index in [9.17, 15) is 9.59 Å². The van der Waals surface area contributed by atoms with Crippen molar-refractivity contribution in [1.29, 1.82) is 0 Å². The van der Waals surface area contributed by atoms with Crippen LogP contribution in [-0.2, 0) is 0 Å². The molecule has 1 heterocycles. The van der Waals surface area contributed by atoms with Crippen LogP contribution in [0.25, 0.3) is 11.1 Å². The molecule has 0 radical (unpaired) electrons. The Morgan fingerprint density at radius 2 is 1.47 bits per heavy atom. The molecule has 0 atom stereocenters. The zero-order valence-electron chi connectivity index (χ0n) is 16.4. The third kappa shape index (κ3) is 4.31. The normalized spacial score (nSPS) is 10.4. The molecule has 0 fully saturated rings. The van der Waals surface area contributed by atoms with Crippen LogP contribution in [-0.4, -0.2) is 11.8 Å². The van der Waals surface area contributed by atoms with Crippen molar-refractivity contribution in [2.24, 2.45) is 0 Å². The number of nitrogens with one attached hydrogen (secondary N) is 2. The number of hydrogen-bond acceptors (Lipinski definition) is 3. The minimum absolute atomic E-state index is 0.216. The number of furan rings is 1. The molecule has 0 aliphatic carbocycles. The lowest BCUT2D eigenvalue weighted by Gasteiger charge is -2.12. The molecule has 30 heavy (non-hydrogen) atoms. The van der Waals surface area contributed by atoms with Gasteiger partial charge < -0.3 is 15.1 Å². The van der Waals surface area contributed by atoms with Crippen LogP contribution in [0.3, 0.4) is 0 Å². The van der Waals surface area contributed by atoms with Gasteiger partial charge >= 0.3 is 0 Å². The summed E-state index contributed by atoms with van der Waals surface area (Å²) in [7, 11) is 0. The summed E-state index contributed by atoms with van der Waals surface area (Å²) in [6.07, 6.45) is 1.44. The molecule has 0 bridgehead atoms. The van der Waals surface area contributed by atoms with Gasteiger partial charge in [-0.25, -0.2) is 0 Å². The molecule has 1 aromatic heterocycles. The van der Waals surface area contributed by atoms with Gasteiger partial charge in [0.2, 0.25) is 0 Å². The average molecular weight is 396 g/mol. The van der Waals surface area contributed by atoms with E-state index in [4.69, 9.17) is 4.42 Å². The SMILES string of the molecule is Cc1ccc(NC(=O)c2ccco2)cc1NC(=O)c1ccc(-c2ccccc2)cc1. The largest absolute Gasteiger partial charge is 0.459 e. The summed E-state index contributed by atoms with van der Waals surface area (Å²) in [5, 5.41) is 5.69. The first-order chi connectivity index (χ1) is 14.6. The first-order valence-electron chi connectivity index (χ1n) is 9.52. The van der Waals surface area contributed by atoms with Crippen LogP contribution in [0.1, 0.15) is 26.5 Å². The summed E-state index contributed by atoms with van der Waals surface area (Å²) in [5.74, 6) is -0.343. The van der Waals surface area contributed by atoms with Gasteiger partial charge in [-0.1, -0.05) is 48.5 Å². The van der Waals surface area contributed by atoms with Gasteiger partial charge in [-0.3, -0.25) is 9.59 Å². The minimum atomic E-state index is -0.349. The first kappa shape index (κ1) is 19.2. The van der Waals surface area contributed by atoms with E-state index in [0.717, 1.165) is 16.7 Å². The number of hydrogen-bond donors (Lipinski definition) is 2. The van der Waals surface area contributed by atoms with Crippen LogP contribution >= 0.6 is 0 Å². The van der Waals surface area contributed by atoms with Crippen molar-refractivity contribution < 1.29 is 14.0 Å². The maximum atomic E-state index is 12.7. The lowest BCUT2D eigenvalue weighted by atomic mass is 10.0. The fraction of sp³-hybridized carbons (Fsp3) is 0.0400. The molecule has 0 aliphatic heterocycles. The fourth-order valence-corrected chi connectivity index (χ4v) is 3.07. The van der Waals surface area contributed by atoms with Gasteiger partial charge in [-0.2, -0.15) is 0 Å². The standard InChI is InChI=1S/C25H20N2O3/c1-17-9-14-21(26-25(29)23-8-5-15-30-23)16-22(17)27-24(28)20-12-10-19(11-13-20)18-6-3-2-4-7-18/h2-16H,1H3,(H,26,29)(H,27,28). The molecule has 3 aromatic carbocycles. The highest BCUT2D eigenvalue weighted by molar-refractivity contribution is 6.06. The van der Waals surface area contributed by atoms with Crippen molar-refractivity contribution in [2.45, 2.75) is 6.92 Å². The van der Waals surface area contributed by atoms with E-state index >= 15 is 0 Å². The molecule has 5 heteroatoms. The predicted octanol–water partition coefficient (Wildman–Crippen LogP) is 5.76. The van der Waals surface area contributed by atoms with Crippen molar-refractivity contribution in [3.63, 3.8) is 0 Å². The average Bonchev–Trinajstić information content (AvgIpc) is 3.32. The third-order valence-electron chi connectivity index (χ3n) is 4.74. The lowest BCUT2D eigenvalue weighted by Crippen LogP contribution is -2.14. The number of anilines is 2. The zero-order chi connectivity index (χ0) is 20.9. The Labute approximate surface area is 174 Å². The molecular weight excluding hydrogens is 376 g/mol. The van der Waals surface area contributed by atoms with Crippen molar-refractivity contribution in [3.8, 4) is 11.1 Å². The Balaban J connectivity index is 1.48. The topological polar surface area (TPSA) is 71.3 Å². The molecule has 148 valence electrons. The van der Waals surface area contributed by atoms with Gasteiger partial charge in [0.05, 0.1) is 6.26 Å². The Kier molecular flexibility index (Phi) is 5.44. The van der Waals surface area contributed by atoms with Gasteiger partial charge in [0, 0.05) is 16.9 Å². The van der Waals surface area contributed by atoms with Crippen LogP contribution in [0.2, 0.25) is 0 Å². The summed E-state index contributed by atoms with van der Waals surface area (Å²) in [6.45, 7) is 1.90. The number of carbonyl (C=O) groups excluding carboxylic acids is 2. The number of amides is 2. The van der Waals surface area contributed by atoms with Crippen molar-refractivity contribution >= 4 is 23.2 Å². The first-order valence-corrected chi connectivity index (χ1v) is 9.52. The molecule has 4 aromatic rings. The van der Waals surface area contributed by atoms with Crippen LogP contribution in [0, 0.1) is 6.92 Å². The number of aryl methyl sites for hydroxylation is 1. The number of rotatable bonds is 5. The van der Waals surface area contributed by atoms with E-state index in [1.54, 1.807) is 36.4 Å². The highest BCUT2D eigenvalue weighted by Crippen LogP contribution is 2.23. The lowest BCUT2D eigenvalue weighted by molar-refractivity contribution is 0.0995. The van der Waals surface area contributed by atoms with E-state index in [2.05, 4.69) is 10.6 Å². The summed E-state index contributed by atoms with van der Waals surface area (Å²) >= 11 is 0. The molecular formula is C25H20N2O3. The molecule has 2 N–H and O–H groups in total. The second-order valence-corrected chi connectivity index (χ2v) is 6.86. The maximum absolute atomic E-state index is 12.7. The highest BCUT2D eigenvalue weighted by atomic mass is 16.3. The monoisotopic (exact) mass is 396 g/mol. The minimum Gasteiger partial charge on any atom is -0.459 e. The van der Waals surface area contributed by atoms with E-state index in [1.165, 1.54) is 6.26 Å². The Morgan fingerprint density at radius 3 is 2.17 bits per heavy atom. The Morgan fingerprint density at radius 1 is 0.733 bits per heavy atom. The summed E-state index contributed by atoms with van der Waals surface area (Å²) in [4.78, 5) is 24.9. The van der Waals surface area contributed by atoms with Gasteiger partial charge in [-0.05, 0) is 60.0 Å².